The lowest BCUT2D eigenvalue weighted by Gasteiger charge is -2.33. The van der Waals surface area contributed by atoms with Crippen LogP contribution in [0, 0.1) is 0 Å². The second-order valence-electron chi connectivity index (χ2n) is 8.68. The highest BCUT2D eigenvalue weighted by Crippen LogP contribution is 2.27. The fraction of sp³-hybridized carbons (Fsp3) is 0.346. The van der Waals surface area contributed by atoms with Gasteiger partial charge in [0.05, 0.1) is 18.1 Å². The molecule has 6 nitrogen and oxygen atoms in total. The Hall–Kier alpha value is -2.39. The summed E-state index contributed by atoms with van der Waals surface area (Å²) in [6, 6.07) is 18.5. The molecule has 8 heteroatoms. The fourth-order valence-electron chi connectivity index (χ4n) is 4.14. The van der Waals surface area contributed by atoms with Gasteiger partial charge >= 0.3 is 0 Å². The Balaban J connectivity index is 1.79. The van der Waals surface area contributed by atoms with Crippen LogP contribution in [0.2, 0.25) is 0 Å². The highest BCUT2D eigenvalue weighted by molar-refractivity contribution is 9.10. The summed E-state index contributed by atoms with van der Waals surface area (Å²) in [4.78, 5) is 28.2. The number of rotatable bonds is 10. The van der Waals surface area contributed by atoms with Gasteiger partial charge in [-0.2, -0.15) is 0 Å². The summed E-state index contributed by atoms with van der Waals surface area (Å²) in [7, 11) is 4.18. The molecule has 1 unspecified atom stereocenters. The van der Waals surface area contributed by atoms with Crippen LogP contribution in [0.1, 0.15) is 36.3 Å². The van der Waals surface area contributed by atoms with E-state index >= 15 is 0 Å². The molecule has 4 aromatic rings. The van der Waals surface area contributed by atoms with E-state index in [1.54, 1.807) is 5.51 Å². The van der Waals surface area contributed by atoms with Gasteiger partial charge in [0.25, 0.3) is 5.56 Å². The quantitative estimate of drug-likeness (QED) is 0.278. The predicted molar refractivity (Wildman–Crippen MR) is 143 cm³/mol. The van der Waals surface area contributed by atoms with E-state index in [-0.39, 0.29) is 11.6 Å². The molecule has 0 saturated carbocycles. The summed E-state index contributed by atoms with van der Waals surface area (Å²) < 4.78 is 2.90. The summed E-state index contributed by atoms with van der Waals surface area (Å²) in [5.41, 5.74) is 4.40. The SMILES string of the molecule is CCC(c1nc2scnc2c(=O)n1Cc1ccccc1)N(CCN(C)C)Cc1ccc(Br)cc1. The predicted octanol–water partition coefficient (Wildman–Crippen LogP) is 5.18. The molecular formula is C26H30BrN5OS. The number of aromatic nitrogens is 3. The maximum atomic E-state index is 13.6. The van der Waals surface area contributed by atoms with Gasteiger partial charge in [-0.15, -0.1) is 11.3 Å². The minimum absolute atomic E-state index is 0.00786. The summed E-state index contributed by atoms with van der Waals surface area (Å²) in [5, 5.41) is 0. The summed E-state index contributed by atoms with van der Waals surface area (Å²) in [6.45, 7) is 5.21. The highest BCUT2D eigenvalue weighted by atomic mass is 79.9. The molecule has 0 aliphatic rings. The maximum Gasteiger partial charge on any atom is 0.281 e. The first kappa shape index (κ1) is 24.7. The smallest absolute Gasteiger partial charge is 0.281 e. The number of halogens is 1. The Kier molecular flexibility index (Phi) is 8.26. The van der Waals surface area contributed by atoms with E-state index in [9.17, 15) is 4.79 Å². The molecule has 1 atom stereocenters. The van der Waals surface area contributed by atoms with E-state index < -0.39 is 0 Å². The fourth-order valence-corrected chi connectivity index (χ4v) is 5.06. The van der Waals surface area contributed by atoms with Crippen LogP contribution in [0.5, 0.6) is 0 Å². The molecule has 178 valence electrons. The third kappa shape index (κ3) is 5.81. The minimum atomic E-state index is -0.0697. The van der Waals surface area contributed by atoms with Crippen LogP contribution in [0.4, 0.5) is 0 Å². The first-order valence-electron chi connectivity index (χ1n) is 11.5. The number of thiazole rings is 1. The maximum absolute atomic E-state index is 13.6. The zero-order chi connectivity index (χ0) is 24.1. The van der Waals surface area contributed by atoms with Crippen molar-refractivity contribution in [3.05, 3.63) is 91.9 Å². The van der Waals surface area contributed by atoms with Gasteiger partial charge in [-0.25, -0.2) is 9.97 Å². The van der Waals surface area contributed by atoms with Gasteiger partial charge in [0, 0.05) is 24.1 Å². The zero-order valence-corrected chi connectivity index (χ0v) is 22.2. The van der Waals surface area contributed by atoms with Crippen molar-refractivity contribution in [3.8, 4) is 0 Å². The summed E-state index contributed by atoms with van der Waals surface area (Å²) >= 11 is 4.96. The standard InChI is InChI=1S/C26H30BrN5OS/c1-4-22(31(15-14-30(2)3)16-20-10-12-21(27)13-11-20)24-29-25-23(28-18-34-25)26(33)32(24)17-19-8-6-5-7-9-19/h5-13,18,22H,4,14-17H2,1-3H3. The van der Waals surface area contributed by atoms with Crippen molar-refractivity contribution in [1.29, 1.82) is 0 Å². The van der Waals surface area contributed by atoms with Crippen LogP contribution in [0.15, 0.2) is 69.4 Å². The van der Waals surface area contributed by atoms with Gasteiger partial charge < -0.3 is 4.90 Å². The third-order valence-corrected chi connectivity index (χ3v) is 7.18. The Morgan fingerprint density at radius 1 is 1.03 bits per heavy atom. The van der Waals surface area contributed by atoms with Gasteiger partial charge in [-0.3, -0.25) is 14.3 Å². The third-order valence-electron chi connectivity index (χ3n) is 5.93. The normalized spacial score (nSPS) is 12.6. The molecule has 2 aromatic heterocycles. The van der Waals surface area contributed by atoms with Gasteiger partial charge in [-0.1, -0.05) is 65.3 Å². The Labute approximate surface area is 213 Å². The zero-order valence-electron chi connectivity index (χ0n) is 19.8. The Morgan fingerprint density at radius 2 is 1.76 bits per heavy atom. The molecule has 0 bridgehead atoms. The number of benzene rings is 2. The average molecular weight is 541 g/mol. The second-order valence-corrected chi connectivity index (χ2v) is 10.4. The number of hydrogen-bond acceptors (Lipinski definition) is 6. The lowest BCUT2D eigenvalue weighted by molar-refractivity contribution is 0.156. The summed E-state index contributed by atoms with van der Waals surface area (Å²) in [5.74, 6) is 0.809. The largest absolute Gasteiger partial charge is 0.308 e. The van der Waals surface area contributed by atoms with E-state index in [2.05, 4.69) is 76.0 Å². The minimum Gasteiger partial charge on any atom is -0.308 e. The van der Waals surface area contributed by atoms with Crippen molar-refractivity contribution < 1.29 is 0 Å². The number of likely N-dealkylation sites (N-methyl/N-ethyl adjacent to an activating group) is 1. The molecule has 0 amide bonds. The number of fused-ring (bicyclic) bond motifs is 1. The topological polar surface area (TPSA) is 54.3 Å². The van der Waals surface area contributed by atoms with Crippen molar-refractivity contribution in [1.82, 2.24) is 24.3 Å². The molecule has 0 N–H and O–H groups in total. The van der Waals surface area contributed by atoms with Gasteiger partial charge in [0.15, 0.2) is 10.3 Å². The first-order chi connectivity index (χ1) is 16.5. The molecule has 0 radical (unpaired) electrons. The van der Waals surface area contributed by atoms with Crippen LogP contribution in [-0.4, -0.2) is 51.5 Å². The summed E-state index contributed by atoms with van der Waals surface area (Å²) in [6.07, 6.45) is 0.843. The second kappa shape index (κ2) is 11.4. The van der Waals surface area contributed by atoms with E-state index in [4.69, 9.17) is 4.98 Å². The van der Waals surface area contributed by atoms with Crippen molar-refractivity contribution >= 4 is 37.6 Å². The van der Waals surface area contributed by atoms with Gasteiger partial charge in [-0.05, 0) is 43.8 Å². The lowest BCUT2D eigenvalue weighted by atomic mass is 10.1. The lowest BCUT2D eigenvalue weighted by Crippen LogP contribution is -2.38. The molecule has 0 spiro atoms. The molecule has 2 heterocycles. The first-order valence-corrected chi connectivity index (χ1v) is 13.1. The number of hydrogen-bond donors (Lipinski definition) is 0. The number of nitrogens with zero attached hydrogens (tertiary/aromatic N) is 5. The van der Waals surface area contributed by atoms with E-state index in [1.165, 1.54) is 16.9 Å². The van der Waals surface area contributed by atoms with Crippen molar-refractivity contribution in [3.63, 3.8) is 0 Å². The van der Waals surface area contributed by atoms with Crippen LogP contribution < -0.4 is 5.56 Å². The van der Waals surface area contributed by atoms with E-state index in [0.29, 0.717) is 16.9 Å². The van der Waals surface area contributed by atoms with E-state index in [0.717, 1.165) is 41.9 Å². The molecule has 0 aliphatic carbocycles. The highest BCUT2D eigenvalue weighted by Gasteiger charge is 2.26. The van der Waals surface area contributed by atoms with Gasteiger partial charge in [0.1, 0.15) is 5.82 Å². The van der Waals surface area contributed by atoms with Crippen molar-refractivity contribution in [2.24, 2.45) is 0 Å². The van der Waals surface area contributed by atoms with E-state index in [1.807, 2.05) is 34.9 Å². The molecule has 0 saturated heterocycles. The Morgan fingerprint density at radius 3 is 2.44 bits per heavy atom. The van der Waals surface area contributed by atoms with Crippen LogP contribution in [-0.2, 0) is 13.1 Å². The molecule has 2 aromatic carbocycles. The van der Waals surface area contributed by atoms with Gasteiger partial charge in [0.2, 0.25) is 0 Å². The van der Waals surface area contributed by atoms with Crippen molar-refractivity contribution in [2.75, 3.05) is 27.2 Å². The molecule has 0 aliphatic heterocycles. The van der Waals surface area contributed by atoms with Crippen molar-refractivity contribution in [2.45, 2.75) is 32.5 Å². The monoisotopic (exact) mass is 539 g/mol. The van der Waals surface area contributed by atoms with Crippen LogP contribution in [0.3, 0.4) is 0 Å². The molecular weight excluding hydrogens is 510 g/mol. The van der Waals surface area contributed by atoms with Crippen LogP contribution in [0.25, 0.3) is 10.3 Å². The average Bonchev–Trinajstić information content (AvgIpc) is 3.31. The molecule has 4 rings (SSSR count). The Bertz CT molecular complexity index is 1270. The molecule has 0 fully saturated rings. The molecule has 34 heavy (non-hydrogen) atoms. The van der Waals surface area contributed by atoms with Crippen LogP contribution >= 0.6 is 27.3 Å².